The normalized spacial score (nSPS) is 27.9. The van der Waals surface area contributed by atoms with Crippen LogP contribution in [0.15, 0.2) is 66.7 Å². The number of rotatable bonds is 5. The first kappa shape index (κ1) is 22.3. The minimum Gasteiger partial charge on any atom is -0.372 e. The first-order valence-corrected chi connectivity index (χ1v) is 13.7. The zero-order chi connectivity index (χ0) is 25.3. The average molecular weight is 503 g/mol. The molecule has 38 heavy (non-hydrogen) atoms. The molecule has 0 radical (unpaired) electrons. The van der Waals surface area contributed by atoms with Crippen molar-refractivity contribution in [3.05, 3.63) is 94.7 Å². The Morgan fingerprint density at radius 2 is 1.82 bits per heavy atom. The van der Waals surface area contributed by atoms with Crippen LogP contribution in [0.4, 0.5) is 5.69 Å². The molecule has 1 amide bonds. The highest BCUT2D eigenvalue weighted by atomic mass is 16.5. The van der Waals surface area contributed by atoms with Gasteiger partial charge in [0.2, 0.25) is 5.91 Å². The molecular weight excluding hydrogens is 472 g/mol. The number of para-hydroxylation sites is 1. The molecule has 1 spiro atoms. The fourth-order valence-corrected chi connectivity index (χ4v) is 6.95. The second-order valence-electron chi connectivity index (χ2n) is 11.4. The molecule has 3 aromatic carbocycles. The molecule has 190 valence electrons. The molecule has 1 aromatic heterocycles. The third-order valence-electron chi connectivity index (χ3n) is 8.98. The number of aromatic nitrogens is 2. The van der Waals surface area contributed by atoms with Gasteiger partial charge in [-0.15, -0.1) is 0 Å². The van der Waals surface area contributed by atoms with Crippen LogP contribution in [-0.4, -0.2) is 46.3 Å². The van der Waals surface area contributed by atoms with Crippen molar-refractivity contribution in [1.29, 1.82) is 0 Å². The summed E-state index contributed by atoms with van der Waals surface area (Å²) in [4.78, 5) is 15.4. The lowest BCUT2D eigenvalue weighted by Gasteiger charge is -2.32. The minimum atomic E-state index is -0.416. The Hall–Kier alpha value is -3.74. The van der Waals surface area contributed by atoms with Crippen LogP contribution in [0.2, 0.25) is 0 Å². The number of amides is 1. The van der Waals surface area contributed by atoms with Crippen LogP contribution < -0.4 is 5.32 Å². The van der Waals surface area contributed by atoms with Gasteiger partial charge in [0.25, 0.3) is 0 Å². The molecule has 4 heterocycles. The minimum absolute atomic E-state index is 0.125. The van der Waals surface area contributed by atoms with Gasteiger partial charge in [0.1, 0.15) is 0 Å². The first-order chi connectivity index (χ1) is 18.7. The number of anilines is 1. The van der Waals surface area contributed by atoms with E-state index in [1.54, 1.807) is 0 Å². The van der Waals surface area contributed by atoms with Crippen molar-refractivity contribution in [2.75, 3.05) is 18.4 Å². The number of nitrogens with one attached hydrogen (secondary N) is 2. The van der Waals surface area contributed by atoms with Gasteiger partial charge in [-0.1, -0.05) is 60.7 Å². The van der Waals surface area contributed by atoms with Gasteiger partial charge in [-0.3, -0.25) is 14.8 Å². The molecule has 1 aliphatic carbocycles. The molecule has 4 atom stereocenters. The highest BCUT2D eigenvalue weighted by Gasteiger charge is 2.65. The lowest BCUT2D eigenvalue weighted by atomic mass is 9.92. The van der Waals surface area contributed by atoms with Gasteiger partial charge in [0, 0.05) is 36.6 Å². The van der Waals surface area contributed by atoms with Crippen molar-refractivity contribution in [2.45, 2.75) is 49.3 Å². The highest BCUT2D eigenvalue weighted by Crippen LogP contribution is 2.65. The third-order valence-corrected chi connectivity index (χ3v) is 8.98. The second kappa shape index (κ2) is 8.38. The predicted molar refractivity (Wildman–Crippen MR) is 149 cm³/mol. The molecular formula is C32H30N4O2. The van der Waals surface area contributed by atoms with Crippen molar-refractivity contribution in [2.24, 2.45) is 0 Å². The maximum Gasteiger partial charge on any atom is 0.235 e. The number of morpholine rings is 1. The van der Waals surface area contributed by atoms with E-state index in [2.05, 4.69) is 81.1 Å². The Morgan fingerprint density at radius 1 is 1.00 bits per heavy atom. The van der Waals surface area contributed by atoms with Gasteiger partial charge >= 0.3 is 0 Å². The van der Waals surface area contributed by atoms with Crippen LogP contribution in [0, 0.1) is 0 Å². The predicted octanol–water partition coefficient (Wildman–Crippen LogP) is 5.47. The SMILES string of the molecule is O=C1Nc2ccccc2C12CC2c1ccc2c(/C=C/c3ccc(CN4CC5CCC(C4)O5)cc3)n[nH]c2c1. The molecule has 4 aromatic rings. The van der Waals surface area contributed by atoms with E-state index < -0.39 is 5.41 Å². The van der Waals surface area contributed by atoms with Gasteiger partial charge in [-0.2, -0.15) is 5.10 Å². The zero-order valence-corrected chi connectivity index (χ0v) is 21.2. The number of carbonyl (C=O) groups excluding carboxylic acids is 1. The smallest absolute Gasteiger partial charge is 0.235 e. The van der Waals surface area contributed by atoms with Crippen molar-refractivity contribution in [3.63, 3.8) is 0 Å². The fraction of sp³-hybridized carbons (Fsp3) is 0.312. The van der Waals surface area contributed by atoms with Crippen molar-refractivity contribution >= 4 is 34.6 Å². The van der Waals surface area contributed by atoms with Gasteiger partial charge in [0.05, 0.1) is 28.8 Å². The Kier molecular flexibility index (Phi) is 4.91. The molecule has 6 heteroatoms. The summed E-state index contributed by atoms with van der Waals surface area (Å²) >= 11 is 0. The molecule has 3 fully saturated rings. The number of hydrogen-bond acceptors (Lipinski definition) is 4. The third kappa shape index (κ3) is 3.55. The number of nitrogens with zero attached hydrogens (tertiary/aromatic N) is 2. The summed E-state index contributed by atoms with van der Waals surface area (Å²) in [6.45, 7) is 3.09. The largest absolute Gasteiger partial charge is 0.372 e. The molecule has 2 N–H and O–H groups in total. The molecule has 6 nitrogen and oxygen atoms in total. The summed E-state index contributed by atoms with van der Waals surface area (Å²) in [5.74, 6) is 0.323. The number of fused-ring (bicyclic) bond motifs is 5. The number of ether oxygens (including phenoxy) is 1. The van der Waals surface area contributed by atoms with Crippen LogP contribution in [0.5, 0.6) is 0 Å². The molecule has 3 aliphatic heterocycles. The maximum absolute atomic E-state index is 12.9. The number of hydrogen-bond donors (Lipinski definition) is 2. The van der Waals surface area contributed by atoms with E-state index in [1.165, 1.54) is 24.0 Å². The monoisotopic (exact) mass is 502 g/mol. The Balaban J connectivity index is 0.973. The fourth-order valence-electron chi connectivity index (χ4n) is 6.95. The van der Waals surface area contributed by atoms with E-state index >= 15 is 0 Å². The Morgan fingerprint density at radius 3 is 2.66 bits per heavy atom. The summed E-state index contributed by atoms with van der Waals surface area (Å²) in [6.07, 6.45) is 8.33. The maximum atomic E-state index is 12.9. The van der Waals surface area contributed by atoms with Crippen LogP contribution in [0.25, 0.3) is 23.1 Å². The first-order valence-electron chi connectivity index (χ1n) is 13.7. The summed E-state index contributed by atoms with van der Waals surface area (Å²) < 4.78 is 5.97. The molecule has 8 rings (SSSR count). The van der Waals surface area contributed by atoms with Gasteiger partial charge in [-0.25, -0.2) is 0 Å². The molecule has 2 bridgehead atoms. The van der Waals surface area contributed by atoms with Gasteiger partial charge < -0.3 is 10.1 Å². The van der Waals surface area contributed by atoms with E-state index in [4.69, 9.17) is 4.74 Å². The zero-order valence-electron chi connectivity index (χ0n) is 21.2. The molecule has 1 saturated carbocycles. The van der Waals surface area contributed by atoms with Crippen LogP contribution in [-0.2, 0) is 21.5 Å². The lowest BCUT2D eigenvalue weighted by Crippen LogP contribution is -2.41. The second-order valence-corrected chi connectivity index (χ2v) is 11.4. The van der Waals surface area contributed by atoms with Gasteiger partial charge in [0.15, 0.2) is 0 Å². The quantitative estimate of drug-likeness (QED) is 0.380. The number of carbonyl (C=O) groups is 1. The summed E-state index contributed by atoms with van der Waals surface area (Å²) in [5, 5.41) is 12.0. The van der Waals surface area contributed by atoms with Crippen molar-refractivity contribution < 1.29 is 9.53 Å². The number of benzene rings is 3. The van der Waals surface area contributed by atoms with Crippen molar-refractivity contribution in [3.8, 4) is 0 Å². The van der Waals surface area contributed by atoms with Crippen LogP contribution >= 0.6 is 0 Å². The number of likely N-dealkylation sites (tertiary alicyclic amines) is 1. The van der Waals surface area contributed by atoms with Crippen LogP contribution in [0.1, 0.15) is 53.1 Å². The molecule has 2 saturated heterocycles. The topological polar surface area (TPSA) is 70.2 Å². The number of aromatic amines is 1. The van der Waals surface area contributed by atoms with E-state index in [0.717, 1.165) is 59.5 Å². The van der Waals surface area contributed by atoms with E-state index in [1.807, 2.05) is 18.2 Å². The Bertz CT molecular complexity index is 1580. The van der Waals surface area contributed by atoms with Gasteiger partial charge in [-0.05, 0) is 59.7 Å². The molecule has 4 unspecified atom stereocenters. The van der Waals surface area contributed by atoms with Crippen LogP contribution in [0.3, 0.4) is 0 Å². The summed E-state index contributed by atoms with van der Waals surface area (Å²) in [7, 11) is 0. The lowest BCUT2D eigenvalue weighted by molar-refractivity contribution is -0.118. The molecule has 4 aliphatic rings. The standard InChI is InChI=1S/C32H30N4O2/c37-31-32(26-3-1-2-4-29(26)33-31)16-27(32)22-10-13-25-28(34-35-30(25)15-22)14-9-20-5-7-21(8-6-20)17-36-18-23-11-12-24(19-36)38-23/h1-10,13-15,23-24,27H,11-12,16-19H2,(H,33,37)(H,34,35)/b14-9+. The number of H-pyrrole nitrogens is 1. The summed E-state index contributed by atoms with van der Waals surface area (Å²) in [6, 6.07) is 23.4. The van der Waals surface area contributed by atoms with E-state index in [9.17, 15) is 4.79 Å². The van der Waals surface area contributed by atoms with E-state index in [-0.39, 0.29) is 11.8 Å². The highest BCUT2D eigenvalue weighted by molar-refractivity contribution is 6.09. The Labute approximate surface area is 221 Å². The van der Waals surface area contributed by atoms with E-state index in [0.29, 0.717) is 12.2 Å². The summed E-state index contributed by atoms with van der Waals surface area (Å²) in [5.41, 5.74) is 7.29. The average Bonchev–Trinajstić information content (AvgIpc) is 3.28. The van der Waals surface area contributed by atoms with Crippen molar-refractivity contribution in [1.82, 2.24) is 15.1 Å².